The predicted octanol–water partition coefficient (Wildman–Crippen LogP) is 7.85. The smallest absolute Gasteiger partial charge is 0.138 e. The number of rotatable bonds is 14. The van der Waals surface area contributed by atoms with E-state index in [-0.39, 0.29) is 0 Å². The maximum atomic E-state index is 6.54. The minimum absolute atomic E-state index is 0.667. The molecule has 0 fully saturated rings. The first kappa shape index (κ1) is 22.5. The minimum atomic E-state index is 0.667. The van der Waals surface area contributed by atoms with Crippen molar-refractivity contribution in [3.63, 3.8) is 0 Å². The van der Waals surface area contributed by atoms with Crippen LogP contribution in [0.2, 0.25) is 5.02 Å². The molecule has 2 rings (SSSR count). The van der Waals surface area contributed by atoms with E-state index < -0.39 is 0 Å². The number of hydrogen-bond acceptors (Lipinski definition) is 2. The summed E-state index contributed by atoms with van der Waals surface area (Å²) in [5.41, 5.74) is 0. The highest BCUT2D eigenvalue weighted by Gasteiger charge is 2.08. The number of hydrogen-bond donors (Lipinski definition) is 0. The second-order valence-corrected chi connectivity index (χ2v) is 7.80. The molecule has 0 atom stereocenters. The molecule has 150 valence electrons. The van der Waals surface area contributed by atoms with E-state index >= 15 is 0 Å². The molecule has 2 nitrogen and oxygen atoms in total. The third kappa shape index (κ3) is 7.97. The molecule has 0 radical (unpaired) electrons. The van der Waals surface area contributed by atoms with Gasteiger partial charge in [-0.3, -0.25) is 0 Å². The van der Waals surface area contributed by atoms with E-state index in [9.17, 15) is 0 Å². The maximum Gasteiger partial charge on any atom is 0.138 e. The minimum Gasteiger partial charge on any atom is -0.494 e. The Bertz CT molecular complexity index is 676. The van der Waals surface area contributed by atoms with Gasteiger partial charge in [0.25, 0.3) is 0 Å². The summed E-state index contributed by atoms with van der Waals surface area (Å²) in [6.07, 6.45) is 8.80. The van der Waals surface area contributed by atoms with Gasteiger partial charge in [-0.1, -0.05) is 43.4 Å². The summed E-state index contributed by atoms with van der Waals surface area (Å²) in [4.78, 5) is 0. The van der Waals surface area contributed by atoms with Crippen molar-refractivity contribution in [1.29, 1.82) is 0 Å². The second-order valence-electron chi connectivity index (χ2n) is 6.66. The van der Waals surface area contributed by atoms with Crippen molar-refractivity contribution in [3.8, 4) is 11.5 Å². The standard InChI is InChI=1S/C22H29Cl3O2/c23-13-5-1-3-7-15-26-19-10-11-20-18(17-19)9-12-21(22(20)25)27-16-8-4-2-6-14-24/h9-12,17H,1-8,13-16H2. The lowest BCUT2D eigenvalue weighted by atomic mass is 10.1. The van der Waals surface area contributed by atoms with Gasteiger partial charge in [0.05, 0.1) is 18.2 Å². The molecule has 0 amide bonds. The van der Waals surface area contributed by atoms with Gasteiger partial charge in [-0.25, -0.2) is 0 Å². The van der Waals surface area contributed by atoms with Gasteiger partial charge in [0, 0.05) is 17.1 Å². The van der Waals surface area contributed by atoms with E-state index in [1.54, 1.807) is 0 Å². The van der Waals surface area contributed by atoms with Crippen LogP contribution in [0.4, 0.5) is 0 Å². The van der Waals surface area contributed by atoms with Crippen LogP contribution in [0.25, 0.3) is 10.8 Å². The van der Waals surface area contributed by atoms with Gasteiger partial charge >= 0.3 is 0 Å². The van der Waals surface area contributed by atoms with Crippen molar-refractivity contribution in [2.45, 2.75) is 51.4 Å². The summed E-state index contributed by atoms with van der Waals surface area (Å²) in [6.45, 7) is 1.41. The summed E-state index contributed by atoms with van der Waals surface area (Å²) in [5, 5.41) is 2.72. The Hall–Kier alpha value is -0.830. The van der Waals surface area contributed by atoms with Crippen LogP contribution in [0.3, 0.4) is 0 Å². The van der Waals surface area contributed by atoms with Crippen LogP contribution in [-0.2, 0) is 0 Å². The normalized spacial score (nSPS) is 11.1. The fourth-order valence-corrected chi connectivity index (χ4v) is 3.59. The van der Waals surface area contributed by atoms with Crippen LogP contribution in [0.1, 0.15) is 51.4 Å². The number of unbranched alkanes of at least 4 members (excludes halogenated alkanes) is 6. The van der Waals surface area contributed by atoms with Crippen molar-refractivity contribution in [1.82, 2.24) is 0 Å². The van der Waals surface area contributed by atoms with Crippen molar-refractivity contribution in [2.24, 2.45) is 0 Å². The number of fused-ring (bicyclic) bond motifs is 1. The van der Waals surface area contributed by atoms with Gasteiger partial charge in [-0.2, -0.15) is 0 Å². The number of halogens is 3. The van der Waals surface area contributed by atoms with Gasteiger partial charge < -0.3 is 9.47 Å². The van der Waals surface area contributed by atoms with Gasteiger partial charge in [0.2, 0.25) is 0 Å². The molecule has 5 heteroatoms. The molecule has 27 heavy (non-hydrogen) atoms. The highest BCUT2D eigenvalue weighted by Crippen LogP contribution is 2.34. The Balaban J connectivity index is 1.84. The molecular weight excluding hydrogens is 403 g/mol. The summed E-state index contributed by atoms with van der Waals surface area (Å²) in [6, 6.07) is 10.0. The van der Waals surface area contributed by atoms with E-state index in [1.807, 2.05) is 30.3 Å². The summed E-state index contributed by atoms with van der Waals surface area (Å²) in [5.74, 6) is 3.10. The third-order valence-electron chi connectivity index (χ3n) is 4.47. The molecule has 0 aliphatic carbocycles. The van der Waals surface area contributed by atoms with E-state index in [0.29, 0.717) is 11.6 Å². The quantitative estimate of drug-likeness (QED) is 0.224. The first-order valence-electron chi connectivity index (χ1n) is 9.86. The van der Waals surface area contributed by atoms with Crippen LogP contribution in [0.15, 0.2) is 30.3 Å². The highest BCUT2D eigenvalue weighted by atomic mass is 35.5. The van der Waals surface area contributed by atoms with E-state index in [2.05, 4.69) is 0 Å². The molecule has 0 saturated heterocycles. The topological polar surface area (TPSA) is 18.5 Å². The van der Waals surface area contributed by atoms with Gasteiger partial charge in [0.15, 0.2) is 0 Å². The van der Waals surface area contributed by atoms with Crippen molar-refractivity contribution in [2.75, 3.05) is 25.0 Å². The average molecular weight is 432 g/mol. The Morgan fingerprint density at radius 1 is 0.667 bits per heavy atom. The highest BCUT2D eigenvalue weighted by molar-refractivity contribution is 6.37. The fourth-order valence-electron chi connectivity index (χ4n) is 2.92. The lowest BCUT2D eigenvalue weighted by molar-refractivity contribution is 0.304. The van der Waals surface area contributed by atoms with Crippen LogP contribution in [0.5, 0.6) is 11.5 Å². The zero-order valence-electron chi connectivity index (χ0n) is 15.8. The molecule has 0 spiro atoms. The molecule has 2 aromatic rings. The van der Waals surface area contributed by atoms with Crippen molar-refractivity contribution in [3.05, 3.63) is 35.4 Å². The maximum absolute atomic E-state index is 6.54. The lowest BCUT2D eigenvalue weighted by Crippen LogP contribution is -1.99. The Morgan fingerprint density at radius 3 is 1.96 bits per heavy atom. The fraction of sp³-hybridized carbons (Fsp3) is 0.545. The first-order chi connectivity index (χ1) is 13.3. The van der Waals surface area contributed by atoms with Crippen LogP contribution in [0, 0.1) is 0 Å². The molecule has 0 heterocycles. The van der Waals surface area contributed by atoms with E-state index in [1.165, 1.54) is 0 Å². The van der Waals surface area contributed by atoms with Crippen LogP contribution in [-0.4, -0.2) is 25.0 Å². The van der Waals surface area contributed by atoms with E-state index in [0.717, 1.165) is 92.0 Å². The Labute approximate surface area is 178 Å². The zero-order valence-corrected chi connectivity index (χ0v) is 18.1. The average Bonchev–Trinajstić information content (AvgIpc) is 2.69. The van der Waals surface area contributed by atoms with E-state index in [4.69, 9.17) is 44.3 Å². The van der Waals surface area contributed by atoms with Crippen molar-refractivity contribution >= 4 is 45.6 Å². The number of alkyl halides is 2. The van der Waals surface area contributed by atoms with Gasteiger partial charge in [-0.05, 0) is 55.3 Å². The number of ether oxygens (including phenoxy) is 2. The third-order valence-corrected chi connectivity index (χ3v) is 5.40. The number of benzene rings is 2. The summed E-state index contributed by atoms with van der Waals surface area (Å²) >= 11 is 17.9. The Kier molecular flexibility index (Phi) is 11.1. The molecule has 0 saturated carbocycles. The molecule has 0 aliphatic rings. The predicted molar refractivity (Wildman–Crippen MR) is 118 cm³/mol. The molecule has 0 bridgehead atoms. The molecule has 0 aromatic heterocycles. The largest absolute Gasteiger partial charge is 0.494 e. The lowest BCUT2D eigenvalue weighted by Gasteiger charge is -2.12. The Morgan fingerprint density at radius 2 is 1.30 bits per heavy atom. The first-order valence-corrected chi connectivity index (χ1v) is 11.3. The van der Waals surface area contributed by atoms with Gasteiger partial charge in [-0.15, -0.1) is 23.2 Å². The van der Waals surface area contributed by atoms with Crippen LogP contribution < -0.4 is 9.47 Å². The molecule has 0 aliphatic heterocycles. The SMILES string of the molecule is ClCCCCCCOc1ccc2c(Cl)c(OCCCCCCCl)ccc2c1. The van der Waals surface area contributed by atoms with Crippen molar-refractivity contribution < 1.29 is 9.47 Å². The molecular formula is C22H29Cl3O2. The second kappa shape index (κ2) is 13.4. The molecule has 0 unspecified atom stereocenters. The van der Waals surface area contributed by atoms with Crippen LogP contribution >= 0.6 is 34.8 Å². The summed E-state index contributed by atoms with van der Waals surface area (Å²) < 4.78 is 11.7. The molecule has 2 aromatic carbocycles. The summed E-state index contributed by atoms with van der Waals surface area (Å²) in [7, 11) is 0. The monoisotopic (exact) mass is 430 g/mol. The zero-order chi connectivity index (χ0) is 19.3. The van der Waals surface area contributed by atoms with Gasteiger partial charge in [0.1, 0.15) is 11.5 Å². The molecule has 0 N–H and O–H groups in total.